The number of piperidine rings is 1. The van der Waals surface area contributed by atoms with E-state index in [1.165, 1.54) is 11.3 Å². The third-order valence-electron chi connectivity index (χ3n) is 7.29. The first-order valence-corrected chi connectivity index (χ1v) is 16.5. The van der Waals surface area contributed by atoms with Crippen molar-refractivity contribution in [2.24, 2.45) is 5.92 Å². The van der Waals surface area contributed by atoms with Gasteiger partial charge in [0.25, 0.3) is 5.91 Å². The molecule has 5 rings (SSSR count). The molecule has 2 aliphatic rings. The number of rotatable bonds is 8. The molecular formula is C27H35ClN4O4S3. The van der Waals surface area contributed by atoms with Gasteiger partial charge in [0.05, 0.1) is 28.3 Å². The zero-order valence-electron chi connectivity index (χ0n) is 22.2. The number of ether oxygens (including phenoxy) is 1. The summed E-state index contributed by atoms with van der Waals surface area (Å²) in [5.74, 6) is 0.359. The molecule has 1 aromatic heterocycles. The topological polar surface area (TPSA) is 83.0 Å². The van der Waals surface area contributed by atoms with Crippen LogP contribution in [-0.2, 0) is 14.8 Å². The summed E-state index contributed by atoms with van der Waals surface area (Å²) in [6.07, 6.45) is 3.78. The number of hydrogen-bond donors (Lipinski definition) is 0. The number of aromatic nitrogens is 1. The summed E-state index contributed by atoms with van der Waals surface area (Å²) in [6, 6.07) is 12.5. The highest BCUT2D eigenvalue weighted by molar-refractivity contribution is 7.98. The number of benzene rings is 2. The monoisotopic (exact) mass is 610 g/mol. The second-order valence-corrected chi connectivity index (χ2v) is 13.7. The number of amides is 1. The van der Waals surface area contributed by atoms with Gasteiger partial charge in [-0.3, -0.25) is 14.6 Å². The van der Waals surface area contributed by atoms with E-state index in [0.29, 0.717) is 56.0 Å². The van der Waals surface area contributed by atoms with Crippen LogP contribution >= 0.6 is 35.5 Å². The molecule has 0 unspecified atom stereocenters. The van der Waals surface area contributed by atoms with Crippen LogP contribution in [0.1, 0.15) is 30.1 Å². The molecule has 0 radical (unpaired) electrons. The van der Waals surface area contributed by atoms with Gasteiger partial charge in [0, 0.05) is 49.7 Å². The van der Waals surface area contributed by atoms with Crippen molar-refractivity contribution in [1.82, 2.24) is 14.2 Å². The number of carbonyl (C=O) groups is 1. The first-order valence-electron chi connectivity index (χ1n) is 13.0. The maximum Gasteiger partial charge on any atom is 0.260 e. The quantitative estimate of drug-likeness (QED) is 0.338. The molecule has 2 fully saturated rings. The molecule has 2 aliphatic heterocycles. The first kappa shape index (κ1) is 30.2. The number of hydrogen-bond acceptors (Lipinski definition) is 8. The molecule has 212 valence electrons. The number of fused-ring (bicyclic) bond motifs is 1. The Hall–Kier alpha value is -1.73. The van der Waals surface area contributed by atoms with E-state index in [0.717, 1.165) is 41.0 Å². The molecule has 0 spiro atoms. The lowest BCUT2D eigenvalue weighted by Gasteiger charge is -2.29. The Morgan fingerprint density at radius 2 is 1.79 bits per heavy atom. The lowest BCUT2D eigenvalue weighted by atomic mass is 10.0. The van der Waals surface area contributed by atoms with Gasteiger partial charge in [0.15, 0.2) is 5.13 Å². The van der Waals surface area contributed by atoms with Crippen LogP contribution < -0.4 is 4.90 Å². The van der Waals surface area contributed by atoms with E-state index in [9.17, 15) is 13.2 Å². The van der Waals surface area contributed by atoms with Gasteiger partial charge in [-0.15, -0.1) is 24.2 Å². The van der Waals surface area contributed by atoms with Gasteiger partial charge in [0.1, 0.15) is 0 Å². The van der Waals surface area contributed by atoms with Crippen LogP contribution in [0.15, 0.2) is 52.3 Å². The van der Waals surface area contributed by atoms with Gasteiger partial charge >= 0.3 is 0 Å². The van der Waals surface area contributed by atoms with Crippen LogP contribution in [0, 0.1) is 5.92 Å². The van der Waals surface area contributed by atoms with Crippen molar-refractivity contribution in [2.45, 2.75) is 29.6 Å². The summed E-state index contributed by atoms with van der Waals surface area (Å²) >= 11 is 3.18. The molecule has 1 amide bonds. The fourth-order valence-corrected chi connectivity index (χ4v) is 7.80. The van der Waals surface area contributed by atoms with Gasteiger partial charge in [-0.2, -0.15) is 4.31 Å². The highest BCUT2D eigenvalue weighted by atomic mass is 35.5. The minimum absolute atomic E-state index is 0. The van der Waals surface area contributed by atoms with Gasteiger partial charge in [-0.1, -0.05) is 18.3 Å². The van der Waals surface area contributed by atoms with Crippen molar-refractivity contribution in [3.63, 3.8) is 0 Å². The predicted octanol–water partition coefficient (Wildman–Crippen LogP) is 4.84. The van der Waals surface area contributed by atoms with Crippen molar-refractivity contribution < 1.29 is 17.9 Å². The first-order chi connectivity index (χ1) is 18.3. The molecular weight excluding hydrogens is 576 g/mol. The number of thiazole rings is 1. The van der Waals surface area contributed by atoms with Crippen molar-refractivity contribution >= 4 is 66.8 Å². The Bertz CT molecular complexity index is 1370. The van der Waals surface area contributed by atoms with Crippen molar-refractivity contribution in [2.75, 3.05) is 63.6 Å². The van der Waals surface area contributed by atoms with Gasteiger partial charge in [0.2, 0.25) is 10.0 Å². The van der Waals surface area contributed by atoms with Crippen LogP contribution in [0.5, 0.6) is 0 Å². The summed E-state index contributed by atoms with van der Waals surface area (Å²) in [5.41, 5.74) is 1.31. The minimum atomic E-state index is -3.57. The van der Waals surface area contributed by atoms with Crippen LogP contribution in [0.3, 0.4) is 0 Å². The molecule has 0 atom stereocenters. The SMILES string of the molecule is CSc1ccc2nc(N(CCN3CCOCC3)C(=O)c3ccc(S(=O)(=O)N4CCC(C)CC4)cc3)sc2c1.Cl. The van der Waals surface area contributed by atoms with E-state index in [-0.39, 0.29) is 23.2 Å². The van der Waals surface area contributed by atoms with E-state index >= 15 is 0 Å². The average molecular weight is 611 g/mol. The highest BCUT2D eigenvalue weighted by Gasteiger charge is 2.29. The molecule has 0 N–H and O–H groups in total. The summed E-state index contributed by atoms with van der Waals surface area (Å²) in [5, 5.41) is 0.649. The number of morpholine rings is 1. The molecule has 8 nitrogen and oxygen atoms in total. The smallest absolute Gasteiger partial charge is 0.260 e. The zero-order chi connectivity index (χ0) is 26.7. The third kappa shape index (κ3) is 6.95. The molecule has 3 aromatic rings. The van der Waals surface area contributed by atoms with Gasteiger partial charge in [-0.05, 0) is 67.5 Å². The standard InChI is InChI=1S/C27H34N4O4S3.ClH/c1-20-9-11-30(12-10-20)38(33,34)23-6-3-21(4-7-23)26(32)31(14-13-29-15-17-35-18-16-29)27-28-24-8-5-22(36-2)19-25(24)37-27;/h3-8,19-20H,9-18H2,1-2H3;1H. The van der Waals surface area contributed by atoms with Crippen molar-refractivity contribution in [3.8, 4) is 0 Å². The Kier molecular flexibility index (Phi) is 10.3. The summed E-state index contributed by atoms with van der Waals surface area (Å²) in [7, 11) is -3.57. The fourth-order valence-electron chi connectivity index (χ4n) is 4.79. The molecule has 0 bridgehead atoms. The van der Waals surface area contributed by atoms with E-state index in [1.807, 2.05) is 18.4 Å². The lowest BCUT2D eigenvalue weighted by Crippen LogP contribution is -2.43. The second-order valence-electron chi connectivity index (χ2n) is 9.85. The summed E-state index contributed by atoms with van der Waals surface area (Å²) in [4.78, 5) is 24.0. The number of thioether (sulfide) groups is 1. The molecule has 2 aromatic carbocycles. The molecule has 0 saturated carbocycles. The number of nitrogens with zero attached hydrogens (tertiary/aromatic N) is 4. The normalized spacial score (nSPS) is 17.7. The molecule has 3 heterocycles. The highest BCUT2D eigenvalue weighted by Crippen LogP contribution is 2.32. The van der Waals surface area contributed by atoms with Gasteiger partial charge < -0.3 is 4.74 Å². The maximum atomic E-state index is 13.8. The Morgan fingerprint density at radius 1 is 1.10 bits per heavy atom. The van der Waals surface area contributed by atoms with E-state index in [2.05, 4.69) is 17.9 Å². The third-order valence-corrected chi connectivity index (χ3v) is 11.0. The zero-order valence-corrected chi connectivity index (χ0v) is 25.5. The van der Waals surface area contributed by atoms with E-state index in [1.54, 1.807) is 45.2 Å². The van der Waals surface area contributed by atoms with Crippen LogP contribution in [0.25, 0.3) is 10.2 Å². The van der Waals surface area contributed by atoms with Crippen LogP contribution in [0.2, 0.25) is 0 Å². The number of carbonyl (C=O) groups excluding carboxylic acids is 1. The molecule has 2 saturated heterocycles. The van der Waals surface area contributed by atoms with Crippen LogP contribution in [-0.4, -0.2) is 87.3 Å². The summed E-state index contributed by atoms with van der Waals surface area (Å²) < 4.78 is 34.4. The number of anilines is 1. The predicted molar refractivity (Wildman–Crippen MR) is 161 cm³/mol. The van der Waals surface area contributed by atoms with E-state index in [4.69, 9.17) is 9.72 Å². The van der Waals surface area contributed by atoms with Crippen LogP contribution in [0.4, 0.5) is 5.13 Å². The largest absolute Gasteiger partial charge is 0.379 e. The average Bonchev–Trinajstić information content (AvgIpc) is 3.37. The molecule has 0 aliphatic carbocycles. The fraction of sp³-hybridized carbons (Fsp3) is 0.481. The second kappa shape index (κ2) is 13.3. The Balaban J connectivity index is 0.00000353. The van der Waals surface area contributed by atoms with Crippen molar-refractivity contribution in [3.05, 3.63) is 48.0 Å². The maximum absolute atomic E-state index is 13.8. The van der Waals surface area contributed by atoms with Crippen molar-refractivity contribution in [1.29, 1.82) is 0 Å². The minimum Gasteiger partial charge on any atom is -0.379 e. The Labute approximate surface area is 245 Å². The van der Waals surface area contributed by atoms with E-state index < -0.39 is 10.0 Å². The molecule has 39 heavy (non-hydrogen) atoms. The molecule has 12 heteroatoms. The lowest BCUT2D eigenvalue weighted by molar-refractivity contribution is 0.0391. The van der Waals surface area contributed by atoms with Gasteiger partial charge in [-0.25, -0.2) is 13.4 Å². The Morgan fingerprint density at radius 3 is 2.46 bits per heavy atom. The number of halogens is 1. The number of sulfonamides is 1. The summed E-state index contributed by atoms with van der Waals surface area (Å²) in [6.45, 7) is 7.48.